The van der Waals surface area contributed by atoms with Crippen molar-refractivity contribution >= 4 is 39.9 Å². The molecule has 1 amide bonds. The average Bonchev–Trinajstić information content (AvgIpc) is 2.74. The summed E-state index contributed by atoms with van der Waals surface area (Å²) in [5.74, 6) is -6.87. The Morgan fingerprint density at radius 1 is 1.22 bits per heavy atom. The molecular weight excluding hydrogens is 500 g/mol. The van der Waals surface area contributed by atoms with Crippen LogP contribution in [0, 0.1) is 11.8 Å². The van der Waals surface area contributed by atoms with Crippen molar-refractivity contribution in [3.8, 4) is 5.75 Å². The lowest BCUT2D eigenvalue weighted by Crippen LogP contribution is -2.65. The molecule has 0 spiro atoms. The summed E-state index contributed by atoms with van der Waals surface area (Å²) in [7, 11) is 3.10. The highest BCUT2D eigenvalue weighted by Crippen LogP contribution is 2.54. The van der Waals surface area contributed by atoms with Crippen LogP contribution in [0.5, 0.6) is 5.75 Å². The Balaban J connectivity index is 2.04. The second-order valence-corrected chi connectivity index (χ2v) is 11.7. The first-order chi connectivity index (χ1) is 17.0. The number of benzene rings is 1. The number of aliphatic hydroxyl groups is 3. The number of halogens is 1. The monoisotopic (exact) mass is 530 g/mol. The highest BCUT2D eigenvalue weighted by molar-refractivity contribution is 6.48. The molecule has 6 N–H and O–H groups in total. The van der Waals surface area contributed by atoms with Gasteiger partial charge in [0.15, 0.2) is 11.4 Å². The zero-order valence-corrected chi connectivity index (χ0v) is 22.1. The number of aliphatic hydroxyl groups excluding tert-OH is 2. The molecule has 0 unspecified atom stereocenters. The molecule has 3 aliphatic carbocycles. The molecule has 0 radical (unpaired) electrons. The van der Waals surface area contributed by atoms with E-state index in [0.717, 1.165) is 0 Å². The quantitative estimate of drug-likeness (QED) is 0.372. The standard InChI is InChI=1S/C27H31ClN2O7/c1-10(28)12-9-15(26(2,3)4)20(31)17-13(12)7-11-8-14-19(30(5)6)22(33)18(25(29)36)24(35)27(14,37)23(34)16(11)21(17)32/h9,11,14,19,31-32,35,37H,1,7-8H2,2-6H3,(H2,29,36)/t11-,14-,19-,27-/m0/s1. The minimum absolute atomic E-state index is 0.000476. The summed E-state index contributed by atoms with van der Waals surface area (Å²) in [6.45, 7) is 9.41. The zero-order valence-electron chi connectivity index (χ0n) is 21.3. The molecule has 0 heterocycles. The maximum atomic E-state index is 13.9. The number of likely N-dealkylation sites (N-methyl/N-ethyl adjacent to an activating group) is 1. The van der Waals surface area contributed by atoms with Crippen LogP contribution in [0.1, 0.15) is 49.4 Å². The smallest absolute Gasteiger partial charge is 0.255 e. The maximum absolute atomic E-state index is 13.9. The van der Waals surface area contributed by atoms with Crippen LogP contribution < -0.4 is 5.73 Å². The van der Waals surface area contributed by atoms with Crippen LogP contribution in [0.15, 0.2) is 29.6 Å². The molecule has 9 nitrogen and oxygen atoms in total. The average molecular weight is 531 g/mol. The largest absolute Gasteiger partial charge is 0.508 e. The van der Waals surface area contributed by atoms with Crippen molar-refractivity contribution in [3.05, 3.63) is 51.8 Å². The molecule has 4 rings (SSSR count). The number of fused-ring (bicyclic) bond motifs is 3. The van der Waals surface area contributed by atoms with Gasteiger partial charge in [-0.3, -0.25) is 19.3 Å². The van der Waals surface area contributed by atoms with E-state index >= 15 is 0 Å². The van der Waals surface area contributed by atoms with Crippen molar-refractivity contribution in [1.82, 2.24) is 4.90 Å². The van der Waals surface area contributed by atoms with Gasteiger partial charge in [-0.05, 0) is 55.5 Å². The topological polar surface area (TPSA) is 161 Å². The zero-order chi connectivity index (χ0) is 27.9. The summed E-state index contributed by atoms with van der Waals surface area (Å²) < 4.78 is 0. The molecule has 37 heavy (non-hydrogen) atoms. The van der Waals surface area contributed by atoms with Crippen LogP contribution >= 0.6 is 11.6 Å². The molecular formula is C27H31ClN2O7. The number of rotatable bonds is 3. The summed E-state index contributed by atoms with van der Waals surface area (Å²) in [6.07, 6.45) is 0.148. The summed E-state index contributed by atoms with van der Waals surface area (Å²) in [6, 6.07) is 0.569. The van der Waals surface area contributed by atoms with Gasteiger partial charge < -0.3 is 26.2 Å². The molecule has 1 fully saturated rings. The minimum atomic E-state index is -2.68. The van der Waals surface area contributed by atoms with Gasteiger partial charge in [0.1, 0.15) is 22.8 Å². The second kappa shape index (κ2) is 8.44. The number of hydrogen-bond donors (Lipinski definition) is 5. The van der Waals surface area contributed by atoms with Gasteiger partial charge >= 0.3 is 0 Å². The van der Waals surface area contributed by atoms with Gasteiger partial charge in [-0.25, -0.2) is 0 Å². The fourth-order valence-electron chi connectivity index (χ4n) is 6.13. The highest BCUT2D eigenvalue weighted by Gasteiger charge is 2.64. The van der Waals surface area contributed by atoms with Gasteiger partial charge in [-0.1, -0.05) is 39.0 Å². The van der Waals surface area contributed by atoms with Crippen molar-refractivity contribution in [3.63, 3.8) is 0 Å². The van der Waals surface area contributed by atoms with E-state index in [2.05, 4.69) is 6.58 Å². The van der Waals surface area contributed by atoms with E-state index in [1.807, 2.05) is 20.8 Å². The van der Waals surface area contributed by atoms with Crippen LogP contribution in [0.4, 0.5) is 0 Å². The number of aromatic hydroxyl groups is 1. The first kappa shape index (κ1) is 26.9. The predicted octanol–water partition coefficient (Wildman–Crippen LogP) is 2.47. The van der Waals surface area contributed by atoms with Gasteiger partial charge in [0, 0.05) is 22.1 Å². The molecule has 1 aromatic rings. The summed E-state index contributed by atoms with van der Waals surface area (Å²) in [5.41, 5.74) is 2.49. The molecule has 0 aliphatic heterocycles. The van der Waals surface area contributed by atoms with E-state index in [1.54, 1.807) is 20.2 Å². The van der Waals surface area contributed by atoms with E-state index in [4.69, 9.17) is 17.3 Å². The van der Waals surface area contributed by atoms with Gasteiger partial charge in [-0.2, -0.15) is 0 Å². The van der Waals surface area contributed by atoms with Crippen LogP contribution in [0.3, 0.4) is 0 Å². The fraction of sp³-hybridized carbons (Fsp3) is 0.444. The van der Waals surface area contributed by atoms with E-state index in [9.17, 15) is 34.8 Å². The van der Waals surface area contributed by atoms with E-state index in [-0.39, 0.29) is 34.8 Å². The summed E-state index contributed by atoms with van der Waals surface area (Å²) in [4.78, 5) is 40.6. The van der Waals surface area contributed by atoms with Crippen LogP contribution in [0.25, 0.3) is 10.8 Å². The van der Waals surface area contributed by atoms with E-state index in [0.29, 0.717) is 16.7 Å². The molecule has 198 valence electrons. The number of primary amides is 1. The van der Waals surface area contributed by atoms with Gasteiger partial charge in [0.2, 0.25) is 5.78 Å². The number of carbonyl (C=O) groups is 3. The molecule has 0 saturated heterocycles. The fourth-order valence-corrected chi connectivity index (χ4v) is 6.29. The Bertz CT molecular complexity index is 1350. The van der Waals surface area contributed by atoms with Crippen molar-refractivity contribution < 1.29 is 34.8 Å². The van der Waals surface area contributed by atoms with Crippen LogP contribution in [-0.4, -0.2) is 68.5 Å². The lowest BCUT2D eigenvalue weighted by atomic mass is 9.57. The normalized spacial score (nSPS) is 27.7. The Morgan fingerprint density at radius 2 is 1.81 bits per heavy atom. The molecule has 0 bridgehead atoms. The van der Waals surface area contributed by atoms with Crippen molar-refractivity contribution in [1.29, 1.82) is 0 Å². The second-order valence-electron chi connectivity index (χ2n) is 11.3. The van der Waals surface area contributed by atoms with Gasteiger partial charge in [0.05, 0.1) is 11.6 Å². The van der Waals surface area contributed by atoms with Crippen molar-refractivity contribution in [2.45, 2.75) is 50.7 Å². The van der Waals surface area contributed by atoms with Gasteiger partial charge in [0.25, 0.3) is 5.91 Å². The first-order valence-corrected chi connectivity index (χ1v) is 12.2. The number of Topliss-reactive ketones (excluding diaryl/α,β-unsaturated/α-hetero) is 2. The number of phenolic OH excluding ortho intramolecular Hbond substituents is 1. The number of ketones is 2. The molecule has 1 aromatic carbocycles. The molecule has 10 heteroatoms. The molecule has 3 aliphatic rings. The Hall–Kier alpha value is -3.14. The first-order valence-electron chi connectivity index (χ1n) is 11.8. The lowest BCUT2D eigenvalue weighted by Gasteiger charge is -2.50. The number of hydrogen-bond acceptors (Lipinski definition) is 8. The third-order valence-electron chi connectivity index (χ3n) is 7.82. The van der Waals surface area contributed by atoms with Crippen molar-refractivity contribution in [2.75, 3.05) is 14.1 Å². The van der Waals surface area contributed by atoms with Crippen LogP contribution in [-0.2, 0) is 26.2 Å². The third-order valence-corrected chi connectivity index (χ3v) is 8.02. The number of nitrogens with zero attached hydrogens (tertiary/aromatic N) is 1. The van der Waals surface area contributed by atoms with E-state index < -0.39 is 63.5 Å². The number of amides is 1. The Kier molecular flexibility index (Phi) is 6.14. The summed E-state index contributed by atoms with van der Waals surface area (Å²) >= 11 is 6.33. The van der Waals surface area contributed by atoms with Crippen molar-refractivity contribution in [2.24, 2.45) is 17.6 Å². The number of nitrogens with two attached hydrogens (primary N) is 1. The van der Waals surface area contributed by atoms with Gasteiger partial charge in [-0.15, -0.1) is 0 Å². The molecule has 4 atom stereocenters. The molecule has 1 saturated carbocycles. The Labute approximate surface area is 219 Å². The maximum Gasteiger partial charge on any atom is 0.255 e. The SMILES string of the molecule is C=C(Cl)c1cc(C(C)(C)C)c(O)c2c1C[C@H]1C[C@H]3[C@H](N(C)C)C(=O)C(C(N)=O)=C(O)[C@@]3(O)C(=O)C1=C2O. The van der Waals surface area contributed by atoms with Crippen LogP contribution in [0.2, 0.25) is 0 Å². The Morgan fingerprint density at radius 3 is 2.30 bits per heavy atom. The predicted molar refractivity (Wildman–Crippen MR) is 138 cm³/mol. The molecule has 0 aromatic heterocycles. The number of carbonyl (C=O) groups excluding carboxylic acids is 3. The third kappa shape index (κ3) is 3.63. The highest BCUT2D eigenvalue weighted by atomic mass is 35.5. The minimum Gasteiger partial charge on any atom is -0.508 e. The number of phenols is 1. The van der Waals surface area contributed by atoms with E-state index in [1.165, 1.54) is 4.90 Å². The lowest BCUT2D eigenvalue weighted by molar-refractivity contribution is -0.153. The summed E-state index contributed by atoms with van der Waals surface area (Å²) in [5, 5.41) is 45.5.